The molecule has 1 aliphatic heterocycles. The van der Waals surface area contributed by atoms with Gasteiger partial charge < -0.3 is 5.32 Å². The summed E-state index contributed by atoms with van der Waals surface area (Å²) in [5.41, 5.74) is 0.750. The highest BCUT2D eigenvalue weighted by molar-refractivity contribution is 7.88. The van der Waals surface area contributed by atoms with Gasteiger partial charge in [0.15, 0.2) is 11.6 Å². The van der Waals surface area contributed by atoms with Crippen LogP contribution in [0.4, 0.5) is 8.78 Å². The molecule has 4 nitrogen and oxygen atoms in total. The van der Waals surface area contributed by atoms with Gasteiger partial charge in [-0.15, -0.1) is 0 Å². The highest BCUT2D eigenvalue weighted by Gasteiger charge is 2.24. The summed E-state index contributed by atoms with van der Waals surface area (Å²) in [4.78, 5) is 0. The van der Waals surface area contributed by atoms with E-state index in [0.717, 1.165) is 24.5 Å². The topological polar surface area (TPSA) is 49.4 Å². The number of hydrogen-bond acceptors (Lipinski definition) is 3. The van der Waals surface area contributed by atoms with Crippen LogP contribution in [0.5, 0.6) is 0 Å². The minimum absolute atomic E-state index is 0.0584. The zero-order valence-electron chi connectivity index (χ0n) is 12.9. The third-order valence-corrected chi connectivity index (χ3v) is 5.45. The molecular formula is C15H22F2N2O2S. The molecule has 7 heteroatoms. The first kappa shape index (κ1) is 17.3. The average Bonchev–Trinajstić information content (AvgIpc) is 2.47. The summed E-state index contributed by atoms with van der Waals surface area (Å²) in [6.45, 7) is 3.64. The smallest absolute Gasteiger partial charge is 0.211 e. The number of hydrogen-bond donors (Lipinski definition) is 1. The van der Waals surface area contributed by atoms with Crippen molar-refractivity contribution in [3.63, 3.8) is 0 Å². The second-order valence-corrected chi connectivity index (χ2v) is 7.90. The quantitative estimate of drug-likeness (QED) is 0.898. The van der Waals surface area contributed by atoms with E-state index in [1.165, 1.54) is 16.6 Å². The first-order valence-corrected chi connectivity index (χ1v) is 9.25. The second kappa shape index (κ2) is 7.02. The molecular weight excluding hydrogens is 310 g/mol. The van der Waals surface area contributed by atoms with E-state index in [1.54, 1.807) is 6.07 Å². The number of halogens is 2. The molecule has 0 spiro atoms. The Hall–Kier alpha value is -1.05. The van der Waals surface area contributed by atoms with Gasteiger partial charge in [-0.25, -0.2) is 21.5 Å². The fourth-order valence-electron chi connectivity index (χ4n) is 2.67. The SMILES string of the molecule is C[C@H](CNC1CCN(S(C)(=O)=O)CC1)c1ccc(F)c(F)c1. The maximum Gasteiger partial charge on any atom is 0.211 e. The molecule has 1 aliphatic rings. The summed E-state index contributed by atoms with van der Waals surface area (Å²) in [6, 6.07) is 4.22. The number of piperidine rings is 1. The average molecular weight is 332 g/mol. The lowest BCUT2D eigenvalue weighted by Crippen LogP contribution is -2.45. The standard InChI is InChI=1S/C15H22F2N2O2S/c1-11(12-3-4-14(16)15(17)9-12)10-18-13-5-7-19(8-6-13)22(2,20)21/h3-4,9,11,13,18H,5-8,10H2,1-2H3/t11-/m1/s1. The number of nitrogens with zero attached hydrogens (tertiary/aromatic N) is 1. The maximum atomic E-state index is 13.2. The van der Waals surface area contributed by atoms with Gasteiger partial charge in [-0.2, -0.15) is 0 Å². The number of rotatable bonds is 5. The monoisotopic (exact) mass is 332 g/mol. The molecule has 1 aromatic rings. The van der Waals surface area contributed by atoms with Crippen molar-refractivity contribution in [2.45, 2.75) is 31.7 Å². The highest BCUT2D eigenvalue weighted by atomic mass is 32.2. The van der Waals surface area contributed by atoms with Crippen LogP contribution < -0.4 is 5.32 Å². The molecule has 124 valence electrons. The van der Waals surface area contributed by atoms with Crippen LogP contribution in [-0.4, -0.2) is 44.7 Å². The predicted octanol–water partition coefficient (Wildman–Crippen LogP) is 2.08. The molecule has 1 atom stereocenters. The van der Waals surface area contributed by atoms with E-state index in [9.17, 15) is 17.2 Å². The Morgan fingerprint density at radius 2 is 1.91 bits per heavy atom. The molecule has 0 unspecified atom stereocenters. The minimum atomic E-state index is -3.10. The maximum absolute atomic E-state index is 13.2. The zero-order chi connectivity index (χ0) is 16.3. The fraction of sp³-hybridized carbons (Fsp3) is 0.600. The Labute approximate surface area is 130 Å². The second-order valence-electron chi connectivity index (χ2n) is 5.92. The molecule has 0 aliphatic carbocycles. The molecule has 0 radical (unpaired) electrons. The molecule has 1 saturated heterocycles. The lowest BCUT2D eigenvalue weighted by atomic mass is 9.99. The summed E-state index contributed by atoms with van der Waals surface area (Å²) < 4.78 is 50.5. The number of nitrogens with one attached hydrogen (secondary N) is 1. The van der Waals surface area contributed by atoms with Gasteiger partial charge in [0.05, 0.1) is 6.26 Å². The van der Waals surface area contributed by atoms with E-state index in [1.807, 2.05) is 6.92 Å². The van der Waals surface area contributed by atoms with Crippen LogP contribution in [0, 0.1) is 11.6 Å². The van der Waals surface area contributed by atoms with Crippen molar-refractivity contribution in [3.05, 3.63) is 35.4 Å². The van der Waals surface area contributed by atoms with E-state index in [4.69, 9.17) is 0 Å². The molecule has 22 heavy (non-hydrogen) atoms. The lowest BCUT2D eigenvalue weighted by molar-refractivity contribution is 0.289. The van der Waals surface area contributed by atoms with Crippen molar-refractivity contribution in [2.75, 3.05) is 25.9 Å². The van der Waals surface area contributed by atoms with E-state index in [0.29, 0.717) is 19.6 Å². The van der Waals surface area contributed by atoms with Gasteiger partial charge in [-0.05, 0) is 36.5 Å². The van der Waals surface area contributed by atoms with Gasteiger partial charge in [-0.1, -0.05) is 13.0 Å². The Kier molecular flexibility index (Phi) is 5.52. The van der Waals surface area contributed by atoms with Crippen molar-refractivity contribution in [1.82, 2.24) is 9.62 Å². The Morgan fingerprint density at radius 3 is 2.45 bits per heavy atom. The third-order valence-electron chi connectivity index (χ3n) is 4.15. The van der Waals surface area contributed by atoms with Crippen molar-refractivity contribution in [3.8, 4) is 0 Å². The first-order valence-electron chi connectivity index (χ1n) is 7.41. The van der Waals surface area contributed by atoms with E-state index in [-0.39, 0.29) is 12.0 Å². The minimum Gasteiger partial charge on any atom is -0.313 e. The summed E-state index contributed by atoms with van der Waals surface area (Å²) in [6.07, 6.45) is 2.75. The Balaban J connectivity index is 1.82. The first-order chi connectivity index (χ1) is 10.3. The van der Waals surface area contributed by atoms with Crippen LogP contribution in [-0.2, 0) is 10.0 Å². The summed E-state index contributed by atoms with van der Waals surface area (Å²) in [7, 11) is -3.10. The molecule has 2 rings (SSSR count). The molecule has 0 bridgehead atoms. The largest absolute Gasteiger partial charge is 0.313 e. The van der Waals surface area contributed by atoms with Crippen LogP contribution in [0.2, 0.25) is 0 Å². The summed E-state index contributed by atoms with van der Waals surface area (Å²) >= 11 is 0. The zero-order valence-corrected chi connectivity index (χ0v) is 13.7. The van der Waals surface area contributed by atoms with Crippen molar-refractivity contribution in [1.29, 1.82) is 0 Å². The van der Waals surface area contributed by atoms with Crippen LogP contribution in [0.15, 0.2) is 18.2 Å². The van der Waals surface area contributed by atoms with Gasteiger partial charge >= 0.3 is 0 Å². The molecule has 1 heterocycles. The molecule has 1 fully saturated rings. The Bertz CT molecular complexity index is 614. The highest BCUT2D eigenvalue weighted by Crippen LogP contribution is 2.19. The van der Waals surface area contributed by atoms with E-state index in [2.05, 4.69) is 5.32 Å². The normalized spacial score (nSPS) is 19.3. The Morgan fingerprint density at radius 1 is 1.27 bits per heavy atom. The van der Waals surface area contributed by atoms with Gasteiger partial charge in [-0.3, -0.25) is 0 Å². The number of sulfonamides is 1. The van der Waals surface area contributed by atoms with Crippen LogP contribution in [0.25, 0.3) is 0 Å². The molecule has 0 saturated carbocycles. The number of benzene rings is 1. The van der Waals surface area contributed by atoms with Crippen molar-refractivity contribution in [2.24, 2.45) is 0 Å². The molecule has 0 aromatic heterocycles. The van der Waals surface area contributed by atoms with Gasteiger partial charge in [0, 0.05) is 25.7 Å². The fourth-order valence-corrected chi connectivity index (χ4v) is 3.55. The van der Waals surface area contributed by atoms with Gasteiger partial charge in [0.25, 0.3) is 0 Å². The third kappa shape index (κ3) is 4.47. The van der Waals surface area contributed by atoms with Gasteiger partial charge in [0.2, 0.25) is 10.0 Å². The lowest BCUT2D eigenvalue weighted by Gasteiger charge is -2.31. The van der Waals surface area contributed by atoms with Crippen molar-refractivity contribution < 1.29 is 17.2 Å². The van der Waals surface area contributed by atoms with Crippen molar-refractivity contribution >= 4 is 10.0 Å². The van der Waals surface area contributed by atoms with Crippen LogP contribution in [0.1, 0.15) is 31.2 Å². The molecule has 0 amide bonds. The van der Waals surface area contributed by atoms with Crippen LogP contribution >= 0.6 is 0 Å². The van der Waals surface area contributed by atoms with Crippen LogP contribution in [0.3, 0.4) is 0 Å². The predicted molar refractivity (Wildman–Crippen MR) is 82.2 cm³/mol. The van der Waals surface area contributed by atoms with Gasteiger partial charge in [0.1, 0.15) is 0 Å². The van der Waals surface area contributed by atoms with E-state index >= 15 is 0 Å². The molecule has 1 aromatic carbocycles. The summed E-state index contributed by atoms with van der Waals surface area (Å²) in [5.74, 6) is -1.61. The van der Waals surface area contributed by atoms with E-state index < -0.39 is 21.7 Å². The molecule has 1 N–H and O–H groups in total. The summed E-state index contributed by atoms with van der Waals surface area (Å²) in [5, 5.41) is 3.39.